The number of allylic oxidation sites excluding steroid dienone is 1. The van der Waals surface area contributed by atoms with Crippen molar-refractivity contribution in [2.75, 3.05) is 14.2 Å². The summed E-state index contributed by atoms with van der Waals surface area (Å²) in [6.45, 7) is 3.63. The van der Waals surface area contributed by atoms with Crippen molar-refractivity contribution in [3.63, 3.8) is 0 Å². The number of aliphatic hydroxyl groups excluding tert-OH is 1. The Morgan fingerprint density at radius 3 is 2.12 bits per heavy atom. The predicted octanol–water partition coefficient (Wildman–Crippen LogP) is 3.51. The topological polar surface area (TPSA) is 72.8 Å². The maximum absolute atomic E-state index is 12.8. The monoisotopic (exact) mass is 338 g/mol. The number of hydrogen-bond donors (Lipinski definition) is 1. The number of ether oxygens (including phenoxy) is 2. The highest BCUT2D eigenvalue weighted by atomic mass is 16.5. The van der Waals surface area contributed by atoms with E-state index < -0.39 is 11.6 Å². The molecule has 0 amide bonds. The van der Waals surface area contributed by atoms with Gasteiger partial charge in [-0.1, -0.05) is 17.7 Å². The second-order valence-corrected chi connectivity index (χ2v) is 5.92. The molecule has 0 saturated heterocycles. The maximum Gasteiger partial charge on any atom is 0.238 e. The summed E-state index contributed by atoms with van der Waals surface area (Å²) in [7, 11) is 2.89. The molecule has 0 spiro atoms. The lowest BCUT2D eigenvalue weighted by molar-refractivity contribution is -0.110. The number of Topliss-reactive ketones (excluding diaryl/α,β-unsaturated/α-hetero) is 2. The van der Waals surface area contributed by atoms with Crippen molar-refractivity contribution >= 4 is 22.9 Å². The second-order valence-electron chi connectivity index (χ2n) is 5.92. The molecule has 0 aliphatic heterocycles. The normalized spacial score (nSPS) is 13.8. The summed E-state index contributed by atoms with van der Waals surface area (Å²) in [5.74, 6) is -1.04. The van der Waals surface area contributed by atoms with Crippen LogP contribution in [0, 0.1) is 13.8 Å². The highest BCUT2D eigenvalue weighted by molar-refractivity contribution is 6.62. The molecule has 0 atom stereocenters. The minimum atomic E-state index is -0.780. The van der Waals surface area contributed by atoms with Gasteiger partial charge in [0.2, 0.25) is 11.6 Å². The Morgan fingerprint density at radius 1 is 0.840 bits per heavy atom. The molecule has 2 aromatic rings. The zero-order valence-electron chi connectivity index (χ0n) is 14.5. The molecule has 3 rings (SSSR count). The van der Waals surface area contributed by atoms with Crippen LogP contribution >= 0.6 is 0 Å². The second kappa shape index (κ2) is 6.09. The third-order valence-corrected chi connectivity index (χ3v) is 4.35. The molecule has 0 bridgehead atoms. The molecular formula is C20H18O5. The fourth-order valence-electron chi connectivity index (χ4n) is 3.12. The number of fused-ring (bicyclic) bond motifs is 1. The summed E-state index contributed by atoms with van der Waals surface area (Å²) in [4.78, 5) is 25.5. The Balaban J connectivity index is 2.40. The Labute approximate surface area is 145 Å². The van der Waals surface area contributed by atoms with Crippen LogP contribution in [0.15, 0.2) is 30.3 Å². The number of benzene rings is 2. The smallest absolute Gasteiger partial charge is 0.238 e. The van der Waals surface area contributed by atoms with Gasteiger partial charge in [-0.25, -0.2) is 0 Å². The summed E-state index contributed by atoms with van der Waals surface area (Å²) in [5, 5.41) is 10.9. The fourth-order valence-corrected chi connectivity index (χ4v) is 3.12. The van der Waals surface area contributed by atoms with E-state index in [1.54, 1.807) is 31.2 Å². The van der Waals surface area contributed by atoms with Crippen molar-refractivity contribution in [1.29, 1.82) is 0 Å². The molecule has 0 unspecified atom stereocenters. The van der Waals surface area contributed by atoms with Gasteiger partial charge in [0.05, 0.1) is 25.4 Å². The van der Waals surface area contributed by atoms with Crippen LogP contribution in [-0.4, -0.2) is 30.9 Å². The Morgan fingerprint density at radius 2 is 1.48 bits per heavy atom. The van der Waals surface area contributed by atoms with Gasteiger partial charge in [0.1, 0.15) is 17.3 Å². The van der Waals surface area contributed by atoms with Gasteiger partial charge < -0.3 is 14.6 Å². The number of methoxy groups -OCH3 is 2. The number of carbonyl (C=O) groups excluding carboxylic acids is 2. The van der Waals surface area contributed by atoms with E-state index in [0.29, 0.717) is 22.4 Å². The summed E-state index contributed by atoms with van der Waals surface area (Å²) in [6.07, 6.45) is 0. The van der Waals surface area contributed by atoms with Crippen LogP contribution in [0.1, 0.15) is 32.6 Å². The molecule has 0 fully saturated rings. The van der Waals surface area contributed by atoms with Crippen molar-refractivity contribution in [3.8, 4) is 11.5 Å². The van der Waals surface area contributed by atoms with E-state index in [1.165, 1.54) is 14.2 Å². The van der Waals surface area contributed by atoms with Gasteiger partial charge in [-0.15, -0.1) is 0 Å². The lowest BCUT2D eigenvalue weighted by Gasteiger charge is -2.22. The van der Waals surface area contributed by atoms with Gasteiger partial charge in [-0.05, 0) is 37.6 Å². The molecule has 0 aromatic heterocycles. The Bertz CT molecular complexity index is 937. The molecule has 1 aliphatic rings. The van der Waals surface area contributed by atoms with Crippen LogP contribution in [0.25, 0.3) is 11.3 Å². The van der Waals surface area contributed by atoms with E-state index in [9.17, 15) is 14.7 Å². The standard InChI is InChI=1S/C20H18O5/c1-10-5-7-13(24-3)12(9-10)16-18(21)15-11(2)6-8-14(25-4)17(15)20(23)19(16)22/h5-9,21H,1-4H3. The van der Waals surface area contributed by atoms with Gasteiger partial charge in [-0.2, -0.15) is 0 Å². The highest BCUT2D eigenvalue weighted by Gasteiger charge is 2.38. The first-order chi connectivity index (χ1) is 11.9. The third kappa shape index (κ3) is 2.48. The number of hydrogen-bond acceptors (Lipinski definition) is 5. The van der Waals surface area contributed by atoms with E-state index in [1.807, 2.05) is 13.0 Å². The summed E-state index contributed by atoms with van der Waals surface area (Å²) in [5.41, 5.74) is 2.33. The minimum absolute atomic E-state index is 0.0468. The molecule has 25 heavy (non-hydrogen) atoms. The van der Waals surface area contributed by atoms with Crippen LogP contribution in [0.5, 0.6) is 11.5 Å². The number of aryl methyl sites for hydroxylation is 2. The van der Waals surface area contributed by atoms with Crippen molar-refractivity contribution < 1.29 is 24.2 Å². The van der Waals surface area contributed by atoms with Gasteiger partial charge >= 0.3 is 0 Å². The Hall–Kier alpha value is -3.08. The first-order valence-electron chi connectivity index (χ1n) is 7.76. The number of ketones is 2. The summed E-state index contributed by atoms with van der Waals surface area (Å²) < 4.78 is 10.5. The first kappa shape index (κ1) is 16.8. The molecule has 0 radical (unpaired) electrons. The SMILES string of the molecule is COc1ccc(C)cc1C1=C(O)c2c(C)ccc(OC)c2C(=O)C1=O. The van der Waals surface area contributed by atoms with Crippen molar-refractivity contribution in [2.45, 2.75) is 13.8 Å². The average molecular weight is 338 g/mol. The number of rotatable bonds is 3. The zero-order valence-corrected chi connectivity index (χ0v) is 14.5. The Kier molecular flexibility index (Phi) is 4.08. The molecule has 5 heteroatoms. The number of carbonyl (C=O) groups is 2. The molecule has 1 N–H and O–H groups in total. The average Bonchev–Trinajstić information content (AvgIpc) is 2.60. The van der Waals surface area contributed by atoms with Crippen molar-refractivity contribution in [2.24, 2.45) is 0 Å². The third-order valence-electron chi connectivity index (χ3n) is 4.35. The molecule has 0 saturated carbocycles. The van der Waals surface area contributed by atoms with E-state index in [4.69, 9.17) is 9.47 Å². The maximum atomic E-state index is 12.8. The quantitative estimate of drug-likeness (QED) is 0.867. The molecule has 1 aliphatic carbocycles. The van der Waals surface area contributed by atoms with Crippen LogP contribution in [0.3, 0.4) is 0 Å². The number of aliphatic hydroxyl groups is 1. The zero-order chi connectivity index (χ0) is 18.3. The highest BCUT2D eigenvalue weighted by Crippen LogP contribution is 2.41. The van der Waals surface area contributed by atoms with Gasteiger partial charge in [0, 0.05) is 11.1 Å². The van der Waals surface area contributed by atoms with Gasteiger partial charge in [0.15, 0.2) is 0 Å². The van der Waals surface area contributed by atoms with Crippen molar-refractivity contribution in [1.82, 2.24) is 0 Å². The minimum Gasteiger partial charge on any atom is -0.506 e. The van der Waals surface area contributed by atoms with E-state index in [0.717, 1.165) is 5.56 Å². The van der Waals surface area contributed by atoms with Crippen LogP contribution in [-0.2, 0) is 4.79 Å². The lowest BCUT2D eigenvalue weighted by Crippen LogP contribution is -2.25. The molecule has 5 nitrogen and oxygen atoms in total. The van der Waals surface area contributed by atoms with E-state index in [-0.39, 0.29) is 22.6 Å². The first-order valence-corrected chi connectivity index (χ1v) is 7.76. The molecule has 2 aromatic carbocycles. The predicted molar refractivity (Wildman–Crippen MR) is 94.2 cm³/mol. The van der Waals surface area contributed by atoms with E-state index >= 15 is 0 Å². The van der Waals surface area contributed by atoms with Gasteiger partial charge in [0.25, 0.3) is 0 Å². The summed E-state index contributed by atoms with van der Waals surface area (Å²) in [6, 6.07) is 8.61. The lowest BCUT2D eigenvalue weighted by atomic mass is 9.82. The van der Waals surface area contributed by atoms with E-state index in [2.05, 4.69) is 0 Å². The largest absolute Gasteiger partial charge is 0.506 e. The van der Waals surface area contributed by atoms with Gasteiger partial charge in [-0.3, -0.25) is 9.59 Å². The fraction of sp³-hybridized carbons (Fsp3) is 0.200. The molecule has 128 valence electrons. The molecule has 0 heterocycles. The summed E-state index contributed by atoms with van der Waals surface area (Å²) >= 11 is 0. The van der Waals surface area contributed by atoms with Crippen molar-refractivity contribution in [3.05, 3.63) is 58.1 Å². The van der Waals surface area contributed by atoms with Crippen LogP contribution in [0.4, 0.5) is 0 Å². The molecular weight excluding hydrogens is 320 g/mol. The van der Waals surface area contributed by atoms with Crippen LogP contribution < -0.4 is 9.47 Å². The van der Waals surface area contributed by atoms with Crippen LogP contribution in [0.2, 0.25) is 0 Å².